The Morgan fingerprint density at radius 3 is 2.50 bits per heavy atom. The van der Waals surface area contributed by atoms with Gasteiger partial charge in [0.25, 0.3) is 0 Å². The number of allylic oxidation sites excluding steroid dienone is 4. The van der Waals surface area contributed by atoms with Gasteiger partial charge >= 0.3 is 5.97 Å². The van der Waals surface area contributed by atoms with Crippen LogP contribution >= 0.6 is 0 Å². The molecule has 0 saturated heterocycles. The summed E-state index contributed by atoms with van der Waals surface area (Å²) in [6.07, 6.45) is 4.16. The predicted molar refractivity (Wildman–Crippen MR) is 47.9 cm³/mol. The Bertz CT molecular complexity index is 274. The summed E-state index contributed by atoms with van der Waals surface area (Å²) in [6, 6.07) is 0. The van der Waals surface area contributed by atoms with Crippen LogP contribution in [-0.2, 0) is 4.79 Å². The predicted octanol–water partition coefficient (Wildman–Crippen LogP) is 2.37. The molecule has 2 nitrogen and oxygen atoms in total. The summed E-state index contributed by atoms with van der Waals surface area (Å²) >= 11 is 0. The zero-order valence-corrected chi connectivity index (χ0v) is 7.72. The molecule has 1 atom stereocenters. The van der Waals surface area contributed by atoms with Crippen molar-refractivity contribution in [3.63, 3.8) is 0 Å². The highest BCUT2D eigenvalue weighted by atomic mass is 16.4. The van der Waals surface area contributed by atoms with Crippen molar-refractivity contribution in [1.29, 1.82) is 0 Å². The molecule has 0 aromatic carbocycles. The van der Waals surface area contributed by atoms with Crippen molar-refractivity contribution in [2.24, 2.45) is 5.41 Å². The number of rotatable bonds is 2. The third-order valence-electron chi connectivity index (χ3n) is 2.67. The summed E-state index contributed by atoms with van der Waals surface area (Å²) in [5, 5.41) is 8.69. The molecule has 0 aromatic rings. The summed E-state index contributed by atoms with van der Waals surface area (Å²) in [5.74, 6) is -0.740. The Morgan fingerprint density at radius 1 is 1.58 bits per heavy atom. The van der Waals surface area contributed by atoms with Gasteiger partial charge in [0.15, 0.2) is 0 Å². The molecular weight excluding hydrogens is 152 g/mol. The second-order valence-corrected chi connectivity index (χ2v) is 3.63. The molecule has 2 heteroatoms. The maximum atomic E-state index is 10.6. The van der Waals surface area contributed by atoms with Crippen LogP contribution in [0.25, 0.3) is 0 Å². The van der Waals surface area contributed by atoms with Crippen molar-refractivity contribution in [1.82, 2.24) is 0 Å². The third kappa shape index (κ3) is 1.42. The fourth-order valence-electron chi connectivity index (χ4n) is 1.52. The van der Waals surface area contributed by atoms with Gasteiger partial charge in [-0.3, -0.25) is 4.79 Å². The molecular formula is C10H14O2. The van der Waals surface area contributed by atoms with Crippen LogP contribution in [0.4, 0.5) is 0 Å². The van der Waals surface area contributed by atoms with E-state index in [0.29, 0.717) is 0 Å². The lowest BCUT2D eigenvalue weighted by Gasteiger charge is -2.22. The van der Waals surface area contributed by atoms with Gasteiger partial charge in [-0.25, -0.2) is 0 Å². The van der Waals surface area contributed by atoms with Gasteiger partial charge in [-0.15, -0.1) is 0 Å². The number of carboxylic acid groups (broad SMARTS) is 1. The van der Waals surface area contributed by atoms with Crippen LogP contribution < -0.4 is 0 Å². The van der Waals surface area contributed by atoms with E-state index in [4.69, 9.17) is 5.11 Å². The zero-order valence-electron chi connectivity index (χ0n) is 7.72. The van der Waals surface area contributed by atoms with Gasteiger partial charge in [-0.05, 0) is 13.8 Å². The van der Waals surface area contributed by atoms with E-state index in [0.717, 1.165) is 0 Å². The quantitative estimate of drug-likeness (QED) is 0.683. The second-order valence-electron chi connectivity index (χ2n) is 3.63. The molecule has 1 rings (SSSR count). The molecule has 0 bridgehead atoms. The normalized spacial score (nSPS) is 28.2. The maximum absolute atomic E-state index is 10.6. The number of carbonyl (C=O) groups is 1. The van der Waals surface area contributed by atoms with Crippen molar-refractivity contribution in [3.05, 3.63) is 23.3 Å². The van der Waals surface area contributed by atoms with Gasteiger partial charge in [0, 0.05) is 5.41 Å². The number of aliphatic carboxylic acids is 1. The molecule has 1 N–H and O–H groups in total. The standard InChI is InChI=1S/C10H14O2/c1-7-4-5-10(3,8(7)2)6-9(11)12/h4-5H,6H2,1-3H3,(H,11,12). The average molecular weight is 166 g/mol. The third-order valence-corrected chi connectivity index (χ3v) is 2.67. The summed E-state index contributed by atoms with van der Waals surface area (Å²) in [6.45, 7) is 5.97. The van der Waals surface area contributed by atoms with Crippen LogP contribution in [0.15, 0.2) is 23.3 Å². The SMILES string of the molecule is CC1=C(C)C(C)(CC(=O)O)C=C1. The first-order chi connectivity index (χ1) is 5.46. The molecule has 0 radical (unpaired) electrons. The van der Waals surface area contributed by atoms with E-state index in [2.05, 4.69) is 0 Å². The summed E-state index contributed by atoms with van der Waals surface area (Å²) in [4.78, 5) is 10.6. The van der Waals surface area contributed by atoms with E-state index >= 15 is 0 Å². The minimum Gasteiger partial charge on any atom is -0.481 e. The van der Waals surface area contributed by atoms with E-state index in [1.54, 1.807) is 0 Å². The molecule has 66 valence electrons. The second kappa shape index (κ2) is 2.77. The topological polar surface area (TPSA) is 37.3 Å². The fourth-order valence-corrected chi connectivity index (χ4v) is 1.52. The molecule has 0 aromatic heterocycles. The molecule has 0 spiro atoms. The lowest BCUT2D eigenvalue weighted by atomic mass is 9.82. The molecule has 0 heterocycles. The fraction of sp³-hybridized carbons (Fsp3) is 0.500. The minimum absolute atomic E-state index is 0.187. The molecule has 1 aliphatic carbocycles. The van der Waals surface area contributed by atoms with E-state index < -0.39 is 5.97 Å². The molecule has 0 aliphatic heterocycles. The van der Waals surface area contributed by atoms with Gasteiger partial charge in [-0.2, -0.15) is 0 Å². The molecule has 1 aliphatic rings. The summed E-state index contributed by atoms with van der Waals surface area (Å²) in [5.41, 5.74) is 2.11. The minimum atomic E-state index is -0.740. The largest absolute Gasteiger partial charge is 0.481 e. The first-order valence-electron chi connectivity index (χ1n) is 4.05. The van der Waals surface area contributed by atoms with Crippen LogP contribution in [0.3, 0.4) is 0 Å². The molecule has 0 saturated carbocycles. The lowest BCUT2D eigenvalue weighted by molar-refractivity contribution is -0.138. The Morgan fingerprint density at radius 2 is 2.17 bits per heavy atom. The number of carboxylic acids is 1. The van der Waals surface area contributed by atoms with Crippen LogP contribution in [0.2, 0.25) is 0 Å². The Kier molecular flexibility index (Phi) is 2.09. The van der Waals surface area contributed by atoms with Crippen LogP contribution in [-0.4, -0.2) is 11.1 Å². The van der Waals surface area contributed by atoms with Gasteiger partial charge in [0.1, 0.15) is 0 Å². The van der Waals surface area contributed by atoms with Crippen molar-refractivity contribution in [2.45, 2.75) is 27.2 Å². The van der Waals surface area contributed by atoms with Gasteiger partial charge in [-0.1, -0.05) is 30.2 Å². The van der Waals surface area contributed by atoms with Gasteiger partial charge in [0.2, 0.25) is 0 Å². The lowest BCUT2D eigenvalue weighted by Crippen LogP contribution is -2.17. The average Bonchev–Trinajstić information content (AvgIpc) is 2.16. The van der Waals surface area contributed by atoms with E-state index in [1.165, 1.54) is 11.1 Å². The maximum Gasteiger partial charge on any atom is 0.304 e. The first kappa shape index (κ1) is 9.04. The van der Waals surface area contributed by atoms with Crippen molar-refractivity contribution in [2.75, 3.05) is 0 Å². The number of hydrogen-bond donors (Lipinski definition) is 1. The van der Waals surface area contributed by atoms with Crippen molar-refractivity contribution < 1.29 is 9.90 Å². The van der Waals surface area contributed by atoms with Crippen LogP contribution in [0.5, 0.6) is 0 Å². The highest BCUT2D eigenvalue weighted by molar-refractivity contribution is 5.69. The first-order valence-corrected chi connectivity index (χ1v) is 4.05. The van der Waals surface area contributed by atoms with Gasteiger partial charge in [0.05, 0.1) is 6.42 Å². The van der Waals surface area contributed by atoms with Crippen LogP contribution in [0.1, 0.15) is 27.2 Å². The van der Waals surface area contributed by atoms with Crippen molar-refractivity contribution in [3.8, 4) is 0 Å². The number of hydrogen-bond acceptors (Lipinski definition) is 1. The van der Waals surface area contributed by atoms with E-state index in [9.17, 15) is 4.79 Å². The van der Waals surface area contributed by atoms with E-state index in [-0.39, 0.29) is 11.8 Å². The zero-order chi connectivity index (χ0) is 9.35. The van der Waals surface area contributed by atoms with Gasteiger partial charge < -0.3 is 5.11 Å². The van der Waals surface area contributed by atoms with Crippen molar-refractivity contribution >= 4 is 5.97 Å². The van der Waals surface area contributed by atoms with E-state index in [1.807, 2.05) is 32.9 Å². The highest BCUT2D eigenvalue weighted by Crippen LogP contribution is 2.39. The highest BCUT2D eigenvalue weighted by Gasteiger charge is 2.30. The summed E-state index contributed by atoms with van der Waals surface area (Å²) < 4.78 is 0. The smallest absolute Gasteiger partial charge is 0.304 e. The monoisotopic (exact) mass is 166 g/mol. The molecule has 0 fully saturated rings. The summed E-state index contributed by atoms with van der Waals surface area (Å²) in [7, 11) is 0. The Labute approximate surface area is 72.6 Å². The molecule has 1 unspecified atom stereocenters. The Hall–Kier alpha value is -1.05. The van der Waals surface area contributed by atoms with Crippen LogP contribution in [0, 0.1) is 5.41 Å². The molecule has 0 amide bonds. The Balaban J connectivity index is 2.89. The molecule has 12 heavy (non-hydrogen) atoms.